The summed E-state index contributed by atoms with van der Waals surface area (Å²) in [7, 11) is 0. The van der Waals surface area contributed by atoms with Crippen molar-refractivity contribution in [2.45, 2.75) is 6.18 Å². The Balaban J connectivity index is 2.59. The Morgan fingerprint density at radius 3 is 2.70 bits per heavy atom. The van der Waals surface area contributed by atoms with Crippen molar-refractivity contribution < 1.29 is 17.9 Å². The molecule has 104 valence electrons. The Kier molecular flexibility index (Phi) is 4.12. The molecule has 0 N–H and O–H groups in total. The van der Waals surface area contributed by atoms with Crippen molar-refractivity contribution in [2.24, 2.45) is 0 Å². The van der Waals surface area contributed by atoms with Crippen LogP contribution < -0.4 is 4.74 Å². The van der Waals surface area contributed by atoms with Crippen LogP contribution in [0.1, 0.15) is 5.69 Å². The van der Waals surface area contributed by atoms with Crippen LogP contribution in [0.15, 0.2) is 18.7 Å². The van der Waals surface area contributed by atoms with E-state index in [1.54, 1.807) is 0 Å². The highest BCUT2D eigenvalue weighted by atomic mass is 127. The molecule has 0 spiro atoms. The number of hydrogen-bond donors (Lipinski definition) is 0. The second kappa shape index (κ2) is 5.66. The Morgan fingerprint density at radius 2 is 2.15 bits per heavy atom. The van der Waals surface area contributed by atoms with E-state index in [1.807, 2.05) is 0 Å². The molecule has 0 aliphatic carbocycles. The van der Waals surface area contributed by atoms with Crippen molar-refractivity contribution in [3.8, 4) is 24.2 Å². The SMILES string of the molecule is C#CCOc1nc(-n2ccnc2)c(I)c(C(F)(F)F)n1. The molecule has 2 aromatic heterocycles. The van der Waals surface area contributed by atoms with E-state index in [-0.39, 0.29) is 16.0 Å². The van der Waals surface area contributed by atoms with E-state index in [4.69, 9.17) is 11.2 Å². The van der Waals surface area contributed by atoms with E-state index in [0.29, 0.717) is 0 Å². The van der Waals surface area contributed by atoms with Crippen LogP contribution >= 0.6 is 22.6 Å². The number of nitrogens with zero attached hydrogens (tertiary/aromatic N) is 4. The minimum Gasteiger partial charge on any atom is -0.450 e. The standard InChI is InChI=1S/C11H6F3IN4O/c1-2-5-20-10-17-8(11(12,13)14)7(15)9(18-10)19-4-3-16-6-19/h1,3-4,6H,5H2. The molecule has 0 unspecified atom stereocenters. The summed E-state index contributed by atoms with van der Waals surface area (Å²) in [5.41, 5.74) is -1.08. The zero-order valence-corrected chi connectivity index (χ0v) is 11.9. The third-order valence-electron chi connectivity index (χ3n) is 2.12. The first kappa shape index (κ1) is 14.6. The number of terminal acetylenes is 1. The highest BCUT2D eigenvalue weighted by molar-refractivity contribution is 14.1. The van der Waals surface area contributed by atoms with Gasteiger partial charge in [-0.2, -0.15) is 23.1 Å². The van der Waals surface area contributed by atoms with Gasteiger partial charge in [-0.3, -0.25) is 4.57 Å². The lowest BCUT2D eigenvalue weighted by atomic mass is 10.4. The molecule has 0 saturated heterocycles. The summed E-state index contributed by atoms with van der Waals surface area (Å²) < 4.78 is 44.9. The molecule has 0 saturated carbocycles. The summed E-state index contributed by atoms with van der Waals surface area (Å²) in [4.78, 5) is 11.0. The topological polar surface area (TPSA) is 52.8 Å². The van der Waals surface area contributed by atoms with Crippen molar-refractivity contribution in [3.05, 3.63) is 28.0 Å². The first-order chi connectivity index (χ1) is 9.43. The number of rotatable bonds is 3. The molecule has 2 rings (SSSR count). The van der Waals surface area contributed by atoms with Crippen LogP contribution in [0.25, 0.3) is 5.82 Å². The minimum atomic E-state index is -4.62. The van der Waals surface area contributed by atoms with Gasteiger partial charge in [0.05, 0.1) is 3.57 Å². The van der Waals surface area contributed by atoms with Gasteiger partial charge in [0.2, 0.25) is 0 Å². The fourth-order valence-electron chi connectivity index (χ4n) is 1.33. The van der Waals surface area contributed by atoms with E-state index >= 15 is 0 Å². The first-order valence-corrected chi connectivity index (χ1v) is 6.20. The van der Waals surface area contributed by atoms with E-state index < -0.39 is 17.9 Å². The molecule has 5 nitrogen and oxygen atoms in total. The van der Waals surface area contributed by atoms with Crippen LogP contribution in [-0.4, -0.2) is 26.1 Å². The number of imidazole rings is 1. The molecular weight excluding hydrogens is 388 g/mol. The van der Waals surface area contributed by atoms with Crippen LogP contribution in [0.3, 0.4) is 0 Å². The smallest absolute Gasteiger partial charge is 0.434 e. The molecule has 0 fully saturated rings. The molecular formula is C11H6F3IN4O. The predicted octanol–water partition coefficient (Wildman–Crippen LogP) is 2.30. The summed E-state index contributed by atoms with van der Waals surface area (Å²) in [6, 6.07) is -0.431. The van der Waals surface area contributed by atoms with Gasteiger partial charge < -0.3 is 4.74 Å². The van der Waals surface area contributed by atoms with Gasteiger partial charge in [-0.15, -0.1) is 6.42 Å². The molecule has 0 aliphatic rings. The number of ether oxygens (including phenoxy) is 1. The normalized spacial score (nSPS) is 11.2. The van der Waals surface area contributed by atoms with Crippen LogP contribution in [0.5, 0.6) is 6.01 Å². The summed E-state index contributed by atoms with van der Waals surface area (Å²) in [6.45, 7) is -0.221. The highest BCUT2D eigenvalue weighted by Crippen LogP contribution is 2.34. The number of alkyl halides is 3. The minimum absolute atomic E-state index is 0.0254. The van der Waals surface area contributed by atoms with Gasteiger partial charge in [-0.1, -0.05) is 5.92 Å². The van der Waals surface area contributed by atoms with Gasteiger partial charge in [0.15, 0.2) is 18.1 Å². The molecule has 0 atom stereocenters. The van der Waals surface area contributed by atoms with Crippen molar-refractivity contribution in [1.29, 1.82) is 0 Å². The molecule has 9 heteroatoms. The predicted molar refractivity (Wildman–Crippen MR) is 71.2 cm³/mol. The average molecular weight is 394 g/mol. The van der Waals surface area contributed by atoms with Gasteiger partial charge in [0.1, 0.15) is 6.33 Å². The molecule has 0 aliphatic heterocycles. The lowest BCUT2D eigenvalue weighted by Crippen LogP contribution is -2.16. The maximum Gasteiger partial charge on any atom is 0.434 e. The number of halogens is 4. The summed E-state index contributed by atoms with van der Waals surface area (Å²) in [6.07, 6.45) is 4.59. The fraction of sp³-hybridized carbons (Fsp3) is 0.182. The van der Waals surface area contributed by atoms with Crippen LogP contribution in [0, 0.1) is 15.9 Å². The van der Waals surface area contributed by atoms with Crippen molar-refractivity contribution in [2.75, 3.05) is 6.61 Å². The van der Waals surface area contributed by atoms with Gasteiger partial charge in [0.25, 0.3) is 0 Å². The van der Waals surface area contributed by atoms with Gasteiger partial charge in [-0.05, 0) is 22.6 Å². The molecule has 2 aromatic rings. The Labute approximate surface area is 125 Å². The third kappa shape index (κ3) is 3.01. The lowest BCUT2D eigenvalue weighted by molar-refractivity contribution is -0.142. The largest absolute Gasteiger partial charge is 0.450 e. The zero-order valence-electron chi connectivity index (χ0n) is 9.73. The van der Waals surface area contributed by atoms with Crippen molar-refractivity contribution >= 4 is 22.6 Å². The number of aromatic nitrogens is 4. The molecule has 20 heavy (non-hydrogen) atoms. The van der Waals surface area contributed by atoms with Crippen LogP contribution in [0.4, 0.5) is 13.2 Å². The maximum atomic E-state index is 13.0. The fourth-order valence-corrected chi connectivity index (χ4v) is 2.15. The summed E-state index contributed by atoms with van der Waals surface area (Å²) in [5.74, 6) is 2.16. The monoisotopic (exact) mass is 394 g/mol. The quantitative estimate of drug-likeness (QED) is 0.593. The molecule has 0 amide bonds. The molecule has 2 heterocycles. The Morgan fingerprint density at radius 1 is 1.40 bits per heavy atom. The van der Waals surface area contributed by atoms with Gasteiger partial charge >= 0.3 is 12.2 Å². The highest BCUT2D eigenvalue weighted by Gasteiger charge is 2.37. The van der Waals surface area contributed by atoms with E-state index in [9.17, 15) is 13.2 Å². The van der Waals surface area contributed by atoms with Crippen molar-refractivity contribution in [3.63, 3.8) is 0 Å². The second-order valence-corrected chi connectivity index (χ2v) is 4.53. The first-order valence-electron chi connectivity index (χ1n) is 5.13. The molecule has 0 radical (unpaired) electrons. The van der Waals surface area contributed by atoms with Crippen LogP contribution in [0.2, 0.25) is 0 Å². The Hall–Kier alpha value is -1.83. The van der Waals surface area contributed by atoms with Gasteiger partial charge in [-0.25, -0.2) is 4.98 Å². The summed E-state index contributed by atoms with van der Waals surface area (Å²) in [5, 5.41) is 0. The van der Waals surface area contributed by atoms with Crippen LogP contribution in [-0.2, 0) is 6.18 Å². The Bertz CT molecular complexity index is 649. The number of hydrogen-bond acceptors (Lipinski definition) is 4. The van der Waals surface area contributed by atoms with E-state index in [1.165, 1.54) is 45.9 Å². The third-order valence-corrected chi connectivity index (χ3v) is 3.11. The van der Waals surface area contributed by atoms with E-state index in [2.05, 4.69) is 20.9 Å². The zero-order chi connectivity index (χ0) is 14.8. The van der Waals surface area contributed by atoms with E-state index in [0.717, 1.165) is 0 Å². The average Bonchev–Trinajstić information content (AvgIpc) is 2.89. The maximum absolute atomic E-state index is 13.0. The molecule has 0 bridgehead atoms. The lowest BCUT2D eigenvalue weighted by Gasteiger charge is -2.13. The summed E-state index contributed by atoms with van der Waals surface area (Å²) >= 11 is 1.53. The van der Waals surface area contributed by atoms with Gasteiger partial charge in [0, 0.05) is 12.4 Å². The second-order valence-electron chi connectivity index (χ2n) is 3.45. The van der Waals surface area contributed by atoms with Crippen molar-refractivity contribution in [1.82, 2.24) is 19.5 Å². The molecule has 0 aromatic carbocycles.